The number of esters is 2. The monoisotopic (exact) mass is 398 g/mol. The fraction of sp³-hybridized carbons (Fsp3) is 0.917. The van der Waals surface area contributed by atoms with Gasteiger partial charge < -0.3 is 9.47 Å². The van der Waals surface area contributed by atoms with Gasteiger partial charge in [-0.2, -0.15) is 0 Å². The Morgan fingerprint density at radius 2 is 1.07 bits per heavy atom. The van der Waals surface area contributed by atoms with Gasteiger partial charge in [-0.05, 0) is 32.6 Å². The first-order chi connectivity index (χ1) is 13.3. The summed E-state index contributed by atoms with van der Waals surface area (Å²) in [5.74, 6) is -0.508. The van der Waals surface area contributed by atoms with Crippen molar-refractivity contribution < 1.29 is 19.1 Å². The maximum atomic E-state index is 12.2. The number of unbranched alkanes of at least 4 members (excludes halogenated alkanes) is 11. The number of carbonyl (C=O) groups is 2. The molecule has 0 rings (SSSR count). The highest BCUT2D eigenvalue weighted by Crippen LogP contribution is 2.20. The highest BCUT2D eigenvalue weighted by Gasteiger charge is 2.39. The summed E-state index contributed by atoms with van der Waals surface area (Å²) in [6.45, 7) is 10.3. The summed E-state index contributed by atoms with van der Waals surface area (Å²) in [5, 5.41) is 0. The quantitative estimate of drug-likeness (QED) is 0.144. The minimum absolute atomic E-state index is 0.353. The van der Waals surface area contributed by atoms with Crippen LogP contribution in [0.4, 0.5) is 0 Å². The Morgan fingerprint density at radius 3 is 1.50 bits per heavy atom. The van der Waals surface area contributed by atoms with Gasteiger partial charge in [-0.25, -0.2) is 0 Å². The second kappa shape index (κ2) is 16.9. The van der Waals surface area contributed by atoms with Crippen LogP contribution >= 0.6 is 0 Å². The number of hydrogen-bond acceptors (Lipinski definition) is 4. The van der Waals surface area contributed by atoms with Crippen molar-refractivity contribution in [3.63, 3.8) is 0 Å². The molecular formula is C24H46O4. The topological polar surface area (TPSA) is 52.6 Å². The average molecular weight is 399 g/mol. The molecular weight excluding hydrogens is 352 g/mol. The van der Waals surface area contributed by atoms with Crippen molar-refractivity contribution in [3.05, 3.63) is 0 Å². The summed E-state index contributed by atoms with van der Waals surface area (Å²) in [4.78, 5) is 24.3. The Balaban J connectivity index is 3.63. The van der Waals surface area contributed by atoms with E-state index in [2.05, 4.69) is 20.8 Å². The molecule has 0 heterocycles. The van der Waals surface area contributed by atoms with Crippen LogP contribution in [-0.2, 0) is 19.1 Å². The van der Waals surface area contributed by atoms with Gasteiger partial charge >= 0.3 is 11.9 Å². The molecule has 0 radical (unpaired) electrons. The lowest BCUT2D eigenvalue weighted by Crippen LogP contribution is -2.37. The van der Waals surface area contributed by atoms with E-state index in [4.69, 9.17) is 9.47 Å². The molecule has 0 aliphatic rings. The second-order valence-electron chi connectivity index (χ2n) is 8.97. The smallest absolute Gasteiger partial charge is 0.322 e. The lowest BCUT2D eigenvalue weighted by Gasteiger charge is -2.21. The summed E-state index contributed by atoms with van der Waals surface area (Å²) in [5.41, 5.74) is -1.23. The van der Waals surface area contributed by atoms with Gasteiger partial charge in [-0.15, -0.1) is 0 Å². The van der Waals surface area contributed by atoms with Gasteiger partial charge in [0.05, 0.1) is 13.2 Å². The molecule has 4 nitrogen and oxygen atoms in total. The summed E-state index contributed by atoms with van der Waals surface area (Å²) in [6, 6.07) is 0. The molecule has 0 saturated carbocycles. The van der Waals surface area contributed by atoms with E-state index >= 15 is 0 Å². The number of carbonyl (C=O) groups excluding carboxylic acids is 2. The highest BCUT2D eigenvalue weighted by molar-refractivity contribution is 5.99. The summed E-state index contributed by atoms with van der Waals surface area (Å²) in [7, 11) is 0. The van der Waals surface area contributed by atoms with E-state index in [9.17, 15) is 9.59 Å². The third-order valence-corrected chi connectivity index (χ3v) is 5.18. The summed E-state index contributed by atoms with van der Waals surface area (Å²) in [6.07, 6.45) is 16.1. The Morgan fingerprint density at radius 1 is 0.679 bits per heavy atom. The zero-order valence-electron chi connectivity index (χ0n) is 19.3. The van der Waals surface area contributed by atoms with Crippen molar-refractivity contribution in [3.8, 4) is 0 Å². The minimum Gasteiger partial charge on any atom is -0.465 e. The standard InChI is InChI=1S/C24H46O4/c1-6-7-8-9-10-11-12-13-14-15-16-17-19-27-22(25)24(4,5)23(26)28-20-18-21(2)3/h21H,6-20H2,1-5H3. The zero-order chi connectivity index (χ0) is 21.3. The molecule has 0 unspecified atom stereocenters. The van der Waals surface area contributed by atoms with E-state index in [1.807, 2.05) is 0 Å². The van der Waals surface area contributed by atoms with Crippen LogP contribution in [0.5, 0.6) is 0 Å². The lowest BCUT2D eigenvalue weighted by atomic mass is 9.94. The van der Waals surface area contributed by atoms with E-state index in [-0.39, 0.29) is 0 Å². The molecule has 0 spiro atoms. The van der Waals surface area contributed by atoms with Crippen molar-refractivity contribution in [1.29, 1.82) is 0 Å². The SMILES string of the molecule is CCCCCCCCCCCCCCOC(=O)C(C)(C)C(=O)OCCC(C)C. The van der Waals surface area contributed by atoms with Gasteiger partial charge in [0.1, 0.15) is 0 Å². The normalized spacial score (nSPS) is 11.6. The Labute approximate surface area is 174 Å². The third kappa shape index (κ3) is 14.0. The molecule has 0 aromatic heterocycles. The summed E-state index contributed by atoms with van der Waals surface area (Å²) >= 11 is 0. The predicted octanol–water partition coefficient (Wildman–Crippen LogP) is 6.85. The van der Waals surface area contributed by atoms with Crippen molar-refractivity contribution in [2.24, 2.45) is 11.3 Å². The molecule has 0 saturated heterocycles. The number of hydrogen-bond donors (Lipinski definition) is 0. The van der Waals surface area contributed by atoms with Gasteiger partial charge in [0.15, 0.2) is 5.41 Å². The van der Waals surface area contributed by atoms with Crippen LogP contribution in [0.2, 0.25) is 0 Å². The van der Waals surface area contributed by atoms with E-state index in [0.717, 1.165) is 19.3 Å². The molecule has 28 heavy (non-hydrogen) atoms. The van der Waals surface area contributed by atoms with Crippen molar-refractivity contribution in [2.75, 3.05) is 13.2 Å². The first-order valence-electron chi connectivity index (χ1n) is 11.7. The van der Waals surface area contributed by atoms with Crippen LogP contribution in [0.15, 0.2) is 0 Å². The molecule has 0 aliphatic heterocycles. The third-order valence-electron chi connectivity index (χ3n) is 5.18. The molecule has 0 bridgehead atoms. The van der Waals surface area contributed by atoms with Crippen LogP contribution in [0, 0.1) is 11.3 Å². The molecule has 0 aliphatic carbocycles. The molecule has 0 atom stereocenters. The number of ether oxygens (including phenoxy) is 2. The Bertz CT molecular complexity index is 401. The average Bonchev–Trinajstić information content (AvgIpc) is 2.64. The Hall–Kier alpha value is -1.06. The van der Waals surface area contributed by atoms with Gasteiger partial charge in [0, 0.05) is 0 Å². The molecule has 0 N–H and O–H groups in total. The van der Waals surface area contributed by atoms with E-state index in [1.165, 1.54) is 64.2 Å². The summed E-state index contributed by atoms with van der Waals surface area (Å²) < 4.78 is 10.5. The van der Waals surface area contributed by atoms with Crippen molar-refractivity contribution >= 4 is 11.9 Å². The molecule has 166 valence electrons. The number of rotatable bonds is 18. The van der Waals surface area contributed by atoms with Gasteiger partial charge in [0.25, 0.3) is 0 Å². The first kappa shape index (κ1) is 26.9. The molecule has 0 amide bonds. The minimum atomic E-state index is -1.23. The van der Waals surface area contributed by atoms with Crippen molar-refractivity contribution in [2.45, 2.75) is 118 Å². The van der Waals surface area contributed by atoms with Gasteiger partial charge in [0.2, 0.25) is 0 Å². The second-order valence-corrected chi connectivity index (χ2v) is 8.97. The molecule has 4 heteroatoms. The lowest BCUT2D eigenvalue weighted by molar-refractivity contribution is -0.170. The van der Waals surface area contributed by atoms with Gasteiger partial charge in [-0.3, -0.25) is 9.59 Å². The van der Waals surface area contributed by atoms with E-state index in [1.54, 1.807) is 13.8 Å². The maximum absolute atomic E-state index is 12.2. The van der Waals surface area contributed by atoms with Crippen LogP contribution in [0.1, 0.15) is 118 Å². The predicted molar refractivity (Wildman–Crippen MR) is 116 cm³/mol. The molecule has 0 fully saturated rings. The van der Waals surface area contributed by atoms with E-state index < -0.39 is 17.4 Å². The molecule has 0 aromatic rings. The fourth-order valence-corrected chi connectivity index (χ4v) is 2.94. The fourth-order valence-electron chi connectivity index (χ4n) is 2.94. The molecule has 0 aromatic carbocycles. The maximum Gasteiger partial charge on any atom is 0.322 e. The van der Waals surface area contributed by atoms with Crippen LogP contribution < -0.4 is 0 Å². The van der Waals surface area contributed by atoms with Crippen LogP contribution in [-0.4, -0.2) is 25.2 Å². The van der Waals surface area contributed by atoms with Crippen LogP contribution in [0.25, 0.3) is 0 Å². The van der Waals surface area contributed by atoms with Crippen molar-refractivity contribution in [1.82, 2.24) is 0 Å². The zero-order valence-corrected chi connectivity index (χ0v) is 19.3. The van der Waals surface area contributed by atoms with Gasteiger partial charge in [-0.1, -0.05) is 91.4 Å². The van der Waals surface area contributed by atoms with E-state index in [0.29, 0.717) is 19.1 Å². The highest BCUT2D eigenvalue weighted by atomic mass is 16.6. The largest absolute Gasteiger partial charge is 0.465 e. The first-order valence-corrected chi connectivity index (χ1v) is 11.7. The van der Waals surface area contributed by atoms with Crippen LogP contribution in [0.3, 0.4) is 0 Å². The Kier molecular flexibility index (Phi) is 16.2.